The van der Waals surface area contributed by atoms with E-state index in [1.54, 1.807) is 0 Å². The quantitative estimate of drug-likeness (QED) is 0.675. The molecule has 2 nitrogen and oxygen atoms in total. The maximum atomic E-state index is 10.7. The fourth-order valence-corrected chi connectivity index (χ4v) is 3.26. The first-order chi connectivity index (χ1) is 7.70. The Morgan fingerprint density at radius 2 is 2.19 bits per heavy atom. The molecule has 1 N–H and O–H groups in total. The summed E-state index contributed by atoms with van der Waals surface area (Å²) in [5.41, 5.74) is 7.99. The molecule has 2 aromatic rings. The molecular formula is C13H16AsNO. The third-order valence-corrected chi connectivity index (χ3v) is 5.10. The minimum absolute atomic E-state index is 0.559. The van der Waals surface area contributed by atoms with Crippen molar-refractivity contribution in [2.24, 2.45) is 0 Å². The monoisotopic (exact) mass is 277 g/mol. The number of hydrogen-bond donors (Lipinski definition) is 1. The van der Waals surface area contributed by atoms with Crippen molar-refractivity contribution in [1.29, 1.82) is 0 Å². The van der Waals surface area contributed by atoms with E-state index in [0.717, 1.165) is 23.8 Å². The topological polar surface area (TPSA) is 32.9 Å². The van der Waals surface area contributed by atoms with Gasteiger partial charge in [-0.3, -0.25) is 0 Å². The first kappa shape index (κ1) is 11.5. The molecule has 0 spiro atoms. The van der Waals surface area contributed by atoms with E-state index in [1.807, 2.05) is 18.2 Å². The molecule has 0 aliphatic heterocycles. The van der Waals surface area contributed by atoms with Gasteiger partial charge in [0, 0.05) is 0 Å². The van der Waals surface area contributed by atoms with Crippen LogP contribution in [0.25, 0.3) is 10.9 Å². The van der Waals surface area contributed by atoms with Crippen molar-refractivity contribution in [3.05, 3.63) is 35.5 Å². The number of hydrogen-bond acceptors (Lipinski definition) is 1. The predicted octanol–water partition coefficient (Wildman–Crippen LogP) is 3.28. The second-order valence-electron chi connectivity index (χ2n) is 4.29. The van der Waals surface area contributed by atoms with Gasteiger partial charge in [-0.2, -0.15) is 0 Å². The SMILES string of the molecule is C[As](C)CCc1c[nH]c2ccc(C=O)cc12. The van der Waals surface area contributed by atoms with Crippen molar-refractivity contribution < 1.29 is 4.79 Å². The van der Waals surface area contributed by atoms with E-state index in [2.05, 4.69) is 22.6 Å². The number of fused-ring (bicyclic) bond motifs is 1. The zero-order valence-corrected chi connectivity index (χ0v) is 11.5. The number of rotatable bonds is 4. The van der Waals surface area contributed by atoms with Crippen LogP contribution in [0, 0.1) is 0 Å². The molecule has 0 amide bonds. The van der Waals surface area contributed by atoms with Gasteiger partial charge in [-0.1, -0.05) is 0 Å². The van der Waals surface area contributed by atoms with Gasteiger partial charge in [-0.25, -0.2) is 0 Å². The van der Waals surface area contributed by atoms with Gasteiger partial charge >= 0.3 is 100 Å². The van der Waals surface area contributed by atoms with Gasteiger partial charge in [-0.05, 0) is 0 Å². The Morgan fingerprint density at radius 1 is 1.38 bits per heavy atom. The summed E-state index contributed by atoms with van der Waals surface area (Å²) in [4.78, 5) is 14.0. The van der Waals surface area contributed by atoms with E-state index in [-0.39, 0.29) is 0 Å². The van der Waals surface area contributed by atoms with Crippen molar-refractivity contribution in [2.45, 2.75) is 23.1 Å². The standard InChI is InChI=1S/C13H16AsNO/c1-14(2)6-5-11-8-15-13-4-3-10(9-16)7-12(11)13/h3-4,7-9,15H,5-6H2,1-2H3. The molecule has 0 unspecified atom stereocenters. The number of carbonyl (C=O) groups is 1. The van der Waals surface area contributed by atoms with E-state index in [0.29, 0.717) is 0 Å². The van der Waals surface area contributed by atoms with Crippen molar-refractivity contribution in [3.63, 3.8) is 0 Å². The van der Waals surface area contributed by atoms with E-state index >= 15 is 0 Å². The molecule has 2 rings (SSSR count). The van der Waals surface area contributed by atoms with Crippen LogP contribution in [0.15, 0.2) is 24.4 Å². The molecule has 1 aromatic carbocycles. The van der Waals surface area contributed by atoms with E-state index in [1.165, 1.54) is 16.2 Å². The normalized spacial score (nSPS) is 11.2. The average molecular weight is 277 g/mol. The zero-order chi connectivity index (χ0) is 11.5. The third-order valence-electron chi connectivity index (χ3n) is 2.76. The van der Waals surface area contributed by atoms with E-state index < -0.39 is 14.7 Å². The molecule has 1 heterocycles. The molecule has 0 radical (unpaired) electrons. The zero-order valence-electron chi connectivity index (χ0n) is 9.66. The van der Waals surface area contributed by atoms with E-state index in [4.69, 9.17) is 0 Å². The summed E-state index contributed by atoms with van der Waals surface area (Å²) in [6.07, 6.45) is 4.13. The Morgan fingerprint density at radius 3 is 2.88 bits per heavy atom. The second kappa shape index (κ2) is 4.88. The summed E-state index contributed by atoms with van der Waals surface area (Å²) in [5.74, 6) is 0. The number of benzene rings is 1. The number of carbonyl (C=O) groups excluding carboxylic acids is 1. The van der Waals surface area contributed by atoms with Gasteiger partial charge in [0.1, 0.15) is 0 Å². The van der Waals surface area contributed by atoms with Gasteiger partial charge in [0.25, 0.3) is 0 Å². The Labute approximate surface area is 100 Å². The molecule has 0 saturated carbocycles. The van der Waals surface area contributed by atoms with E-state index in [9.17, 15) is 4.79 Å². The Balaban J connectivity index is 2.34. The van der Waals surface area contributed by atoms with Crippen molar-refractivity contribution in [3.8, 4) is 0 Å². The summed E-state index contributed by atoms with van der Waals surface area (Å²) < 4.78 is 0. The average Bonchev–Trinajstić information content (AvgIpc) is 2.68. The number of aromatic amines is 1. The van der Waals surface area contributed by atoms with Crippen LogP contribution in [-0.4, -0.2) is 25.9 Å². The van der Waals surface area contributed by atoms with Crippen molar-refractivity contribution >= 4 is 31.8 Å². The van der Waals surface area contributed by atoms with Gasteiger partial charge in [0.2, 0.25) is 0 Å². The summed E-state index contributed by atoms with van der Waals surface area (Å²) in [7, 11) is 0. The number of aromatic nitrogens is 1. The van der Waals surface area contributed by atoms with Crippen LogP contribution in [0.4, 0.5) is 0 Å². The first-order valence-corrected chi connectivity index (χ1v) is 10.5. The van der Waals surface area contributed by atoms with Gasteiger partial charge < -0.3 is 0 Å². The minimum atomic E-state index is -0.559. The molecule has 84 valence electrons. The molecule has 0 saturated heterocycles. The fraction of sp³-hybridized carbons (Fsp3) is 0.308. The summed E-state index contributed by atoms with van der Waals surface area (Å²) >= 11 is -0.559. The second-order valence-corrected chi connectivity index (χ2v) is 9.76. The molecule has 0 aliphatic carbocycles. The van der Waals surface area contributed by atoms with Crippen LogP contribution in [0.2, 0.25) is 16.6 Å². The molecule has 3 heteroatoms. The van der Waals surface area contributed by atoms with Crippen LogP contribution in [-0.2, 0) is 6.42 Å². The predicted molar refractivity (Wildman–Crippen MR) is 69.7 cm³/mol. The van der Waals surface area contributed by atoms with Crippen LogP contribution in [0.3, 0.4) is 0 Å². The van der Waals surface area contributed by atoms with Crippen LogP contribution < -0.4 is 0 Å². The van der Waals surface area contributed by atoms with Crippen LogP contribution in [0.1, 0.15) is 15.9 Å². The number of aryl methyl sites for hydroxylation is 1. The van der Waals surface area contributed by atoms with Gasteiger partial charge in [0.05, 0.1) is 0 Å². The molecule has 0 atom stereocenters. The fourth-order valence-electron chi connectivity index (χ4n) is 1.82. The Hall–Kier alpha value is -1.01. The van der Waals surface area contributed by atoms with Gasteiger partial charge in [0.15, 0.2) is 0 Å². The maximum absolute atomic E-state index is 10.7. The molecule has 1 aromatic heterocycles. The third kappa shape index (κ3) is 2.38. The van der Waals surface area contributed by atoms with Crippen molar-refractivity contribution in [1.82, 2.24) is 4.98 Å². The molecular weight excluding hydrogens is 261 g/mol. The molecule has 16 heavy (non-hydrogen) atoms. The molecule has 0 aliphatic rings. The summed E-state index contributed by atoms with van der Waals surface area (Å²) in [5, 5.41) is 2.53. The number of H-pyrrole nitrogens is 1. The Kier molecular flexibility index (Phi) is 3.50. The summed E-state index contributed by atoms with van der Waals surface area (Å²) in [6, 6.07) is 5.82. The number of aldehydes is 1. The summed E-state index contributed by atoms with van der Waals surface area (Å²) in [6.45, 7) is 0. The molecule has 0 bridgehead atoms. The molecule has 0 fully saturated rings. The van der Waals surface area contributed by atoms with Crippen LogP contribution >= 0.6 is 0 Å². The van der Waals surface area contributed by atoms with Crippen LogP contribution in [0.5, 0.6) is 0 Å². The van der Waals surface area contributed by atoms with Crippen molar-refractivity contribution in [2.75, 3.05) is 0 Å². The first-order valence-electron chi connectivity index (χ1n) is 5.40. The number of nitrogens with one attached hydrogen (secondary N) is 1. The Bertz CT molecular complexity index is 502. The van der Waals surface area contributed by atoms with Gasteiger partial charge in [-0.15, -0.1) is 0 Å².